The third kappa shape index (κ3) is 2.90. The Kier molecular flexibility index (Phi) is 3.80. The Labute approximate surface area is 115 Å². The van der Waals surface area contributed by atoms with Crippen LogP contribution in [-0.4, -0.2) is 9.91 Å². The van der Waals surface area contributed by atoms with Crippen LogP contribution in [0.4, 0.5) is 11.4 Å². The number of nitro groups is 1. The molecule has 0 amide bonds. The van der Waals surface area contributed by atoms with E-state index in [0.717, 1.165) is 16.1 Å². The Bertz CT molecular complexity index is 610. The van der Waals surface area contributed by atoms with Gasteiger partial charge in [-0.05, 0) is 32.4 Å². The number of aromatic nitrogens is 1. The average Bonchev–Trinajstić information content (AvgIpc) is 2.77. The molecule has 6 heteroatoms. The number of aryl methyl sites for hydroxylation is 2. The van der Waals surface area contributed by atoms with Crippen LogP contribution in [-0.2, 0) is 0 Å². The lowest BCUT2D eigenvalue weighted by Gasteiger charge is -2.14. The third-order valence-corrected chi connectivity index (χ3v) is 4.01. The summed E-state index contributed by atoms with van der Waals surface area (Å²) in [5.74, 6) is 0. The number of thiazole rings is 1. The van der Waals surface area contributed by atoms with Gasteiger partial charge in [0.15, 0.2) is 0 Å². The van der Waals surface area contributed by atoms with E-state index in [1.54, 1.807) is 29.0 Å². The van der Waals surface area contributed by atoms with Crippen molar-refractivity contribution in [1.82, 2.24) is 4.98 Å². The van der Waals surface area contributed by atoms with Gasteiger partial charge in [-0.1, -0.05) is 6.07 Å². The second-order valence-electron chi connectivity index (χ2n) is 4.45. The van der Waals surface area contributed by atoms with Crippen molar-refractivity contribution in [3.63, 3.8) is 0 Å². The highest BCUT2D eigenvalue weighted by Gasteiger charge is 2.17. The van der Waals surface area contributed by atoms with Gasteiger partial charge in [-0.3, -0.25) is 10.1 Å². The Morgan fingerprint density at radius 1 is 1.42 bits per heavy atom. The number of nitro benzene ring substituents is 1. The minimum atomic E-state index is -0.360. The Morgan fingerprint density at radius 2 is 2.16 bits per heavy atom. The molecule has 0 saturated carbocycles. The molecule has 1 N–H and O–H groups in total. The molecule has 0 saturated heterocycles. The third-order valence-electron chi connectivity index (χ3n) is 2.90. The molecule has 0 aliphatic rings. The lowest BCUT2D eigenvalue weighted by atomic mass is 10.1. The molecule has 0 bridgehead atoms. The van der Waals surface area contributed by atoms with Gasteiger partial charge >= 0.3 is 0 Å². The van der Waals surface area contributed by atoms with Crippen molar-refractivity contribution in [3.8, 4) is 0 Å². The topological polar surface area (TPSA) is 68.1 Å². The van der Waals surface area contributed by atoms with Crippen molar-refractivity contribution in [3.05, 3.63) is 50.0 Å². The minimum Gasteiger partial charge on any atom is -0.372 e. The SMILES string of the molecule is Cc1ccc(NC(C)c2scnc2C)c([N+](=O)[O-])c1. The first kappa shape index (κ1) is 13.5. The van der Waals surface area contributed by atoms with Crippen molar-refractivity contribution in [2.45, 2.75) is 26.8 Å². The van der Waals surface area contributed by atoms with Crippen LogP contribution in [0.5, 0.6) is 0 Å². The molecule has 0 aliphatic heterocycles. The summed E-state index contributed by atoms with van der Waals surface area (Å²) in [5, 5.41) is 14.3. The zero-order chi connectivity index (χ0) is 14.0. The first-order valence-electron chi connectivity index (χ1n) is 5.90. The summed E-state index contributed by atoms with van der Waals surface area (Å²) in [7, 11) is 0. The van der Waals surface area contributed by atoms with Gasteiger partial charge in [0, 0.05) is 10.9 Å². The van der Waals surface area contributed by atoms with Crippen LogP contribution in [0.2, 0.25) is 0 Å². The molecule has 0 fully saturated rings. The van der Waals surface area contributed by atoms with Crippen LogP contribution in [0.1, 0.15) is 29.1 Å². The van der Waals surface area contributed by atoms with Gasteiger partial charge in [0.05, 0.1) is 22.2 Å². The number of nitrogens with zero attached hydrogens (tertiary/aromatic N) is 2. The molecule has 0 aliphatic carbocycles. The second kappa shape index (κ2) is 5.36. The fraction of sp³-hybridized carbons (Fsp3) is 0.308. The predicted octanol–water partition coefficient (Wildman–Crippen LogP) is 3.84. The minimum absolute atomic E-state index is 0.00564. The second-order valence-corrected chi connectivity index (χ2v) is 5.33. The van der Waals surface area contributed by atoms with E-state index in [4.69, 9.17) is 0 Å². The fourth-order valence-corrected chi connectivity index (χ4v) is 2.75. The maximum absolute atomic E-state index is 11.1. The van der Waals surface area contributed by atoms with E-state index in [2.05, 4.69) is 10.3 Å². The highest BCUT2D eigenvalue weighted by atomic mass is 32.1. The summed E-state index contributed by atoms with van der Waals surface area (Å²) in [6, 6.07) is 5.19. The number of hydrogen-bond acceptors (Lipinski definition) is 5. The van der Waals surface area contributed by atoms with Gasteiger partial charge in [0.2, 0.25) is 0 Å². The van der Waals surface area contributed by atoms with Crippen molar-refractivity contribution in [2.75, 3.05) is 5.32 Å². The van der Waals surface area contributed by atoms with Crippen molar-refractivity contribution in [2.24, 2.45) is 0 Å². The molecule has 0 spiro atoms. The maximum Gasteiger partial charge on any atom is 0.292 e. The van der Waals surface area contributed by atoms with E-state index >= 15 is 0 Å². The predicted molar refractivity (Wildman–Crippen MR) is 76.7 cm³/mol. The highest BCUT2D eigenvalue weighted by Crippen LogP contribution is 2.31. The smallest absolute Gasteiger partial charge is 0.292 e. The molecule has 2 aromatic rings. The number of nitrogens with one attached hydrogen (secondary N) is 1. The summed E-state index contributed by atoms with van der Waals surface area (Å²) < 4.78 is 0. The zero-order valence-corrected chi connectivity index (χ0v) is 11.8. The molecule has 19 heavy (non-hydrogen) atoms. The number of hydrogen-bond donors (Lipinski definition) is 1. The molecular formula is C13H15N3O2S. The molecule has 1 atom stereocenters. The summed E-state index contributed by atoms with van der Waals surface area (Å²) in [6.45, 7) is 5.76. The van der Waals surface area contributed by atoms with Crippen molar-refractivity contribution in [1.29, 1.82) is 0 Å². The Hall–Kier alpha value is -1.95. The molecular weight excluding hydrogens is 262 g/mol. The summed E-state index contributed by atoms with van der Waals surface area (Å²) in [4.78, 5) is 16.0. The molecule has 1 unspecified atom stereocenters. The number of rotatable bonds is 4. The van der Waals surface area contributed by atoms with E-state index in [1.807, 2.05) is 26.8 Å². The van der Waals surface area contributed by atoms with Crippen molar-refractivity contribution < 1.29 is 4.92 Å². The highest BCUT2D eigenvalue weighted by molar-refractivity contribution is 7.09. The van der Waals surface area contributed by atoms with Gasteiger partial charge in [0.1, 0.15) is 5.69 Å². The van der Waals surface area contributed by atoms with Crippen LogP contribution in [0.25, 0.3) is 0 Å². The molecule has 2 rings (SSSR count). The first-order valence-corrected chi connectivity index (χ1v) is 6.78. The summed E-state index contributed by atoms with van der Waals surface area (Å²) in [5.41, 5.74) is 4.26. The summed E-state index contributed by atoms with van der Waals surface area (Å²) >= 11 is 1.55. The molecule has 100 valence electrons. The van der Waals surface area contributed by atoms with Gasteiger partial charge in [0.25, 0.3) is 5.69 Å². The molecule has 1 aromatic heterocycles. The fourth-order valence-electron chi connectivity index (χ4n) is 1.94. The van der Waals surface area contributed by atoms with E-state index in [9.17, 15) is 10.1 Å². The normalized spacial score (nSPS) is 12.2. The average molecular weight is 277 g/mol. The van der Waals surface area contributed by atoms with Crippen LogP contribution < -0.4 is 5.32 Å². The maximum atomic E-state index is 11.1. The van der Waals surface area contributed by atoms with Crippen LogP contribution in [0.15, 0.2) is 23.7 Å². The number of anilines is 1. The lowest BCUT2D eigenvalue weighted by Crippen LogP contribution is -2.08. The summed E-state index contributed by atoms with van der Waals surface area (Å²) in [6.07, 6.45) is 0. The Morgan fingerprint density at radius 3 is 2.74 bits per heavy atom. The molecule has 1 heterocycles. The van der Waals surface area contributed by atoms with Crippen LogP contribution in [0.3, 0.4) is 0 Å². The molecule has 0 radical (unpaired) electrons. The lowest BCUT2D eigenvalue weighted by molar-refractivity contribution is -0.384. The quantitative estimate of drug-likeness (QED) is 0.681. The standard InChI is InChI=1S/C13H15N3O2S/c1-8-4-5-11(12(6-8)16(17)18)15-10(3)13-9(2)14-7-19-13/h4-7,10,15H,1-3H3. The van der Waals surface area contributed by atoms with Crippen LogP contribution in [0, 0.1) is 24.0 Å². The van der Waals surface area contributed by atoms with Gasteiger partial charge in [-0.2, -0.15) is 0 Å². The van der Waals surface area contributed by atoms with Crippen molar-refractivity contribution >= 4 is 22.7 Å². The largest absolute Gasteiger partial charge is 0.372 e. The number of benzene rings is 1. The monoisotopic (exact) mass is 277 g/mol. The first-order chi connectivity index (χ1) is 8.99. The molecule has 5 nitrogen and oxygen atoms in total. The van der Waals surface area contributed by atoms with E-state index in [0.29, 0.717) is 5.69 Å². The van der Waals surface area contributed by atoms with Gasteiger partial charge in [-0.15, -0.1) is 11.3 Å². The zero-order valence-electron chi connectivity index (χ0n) is 11.0. The van der Waals surface area contributed by atoms with E-state index in [1.165, 1.54) is 0 Å². The Balaban J connectivity index is 2.29. The molecule has 1 aromatic carbocycles. The van der Waals surface area contributed by atoms with Gasteiger partial charge < -0.3 is 5.32 Å². The van der Waals surface area contributed by atoms with Crippen LogP contribution >= 0.6 is 11.3 Å². The van der Waals surface area contributed by atoms with E-state index in [-0.39, 0.29) is 16.7 Å². The van der Waals surface area contributed by atoms with Gasteiger partial charge in [-0.25, -0.2) is 4.98 Å². The van der Waals surface area contributed by atoms with E-state index < -0.39 is 0 Å².